The molecule has 0 radical (unpaired) electrons. The molecule has 0 fully saturated rings. The van der Waals surface area contributed by atoms with Crippen LogP contribution in [0.4, 0.5) is 11.5 Å². The first-order valence-electron chi connectivity index (χ1n) is 7.99. The summed E-state index contributed by atoms with van der Waals surface area (Å²) in [7, 11) is 0. The number of nitrogens with two attached hydrogens (primary N) is 1. The summed E-state index contributed by atoms with van der Waals surface area (Å²) in [5.74, 6) is -0.786. The Hall–Kier alpha value is -2.91. The molecule has 1 aromatic carbocycles. The summed E-state index contributed by atoms with van der Waals surface area (Å²) in [5, 5.41) is 15.5. The van der Waals surface area contributed by atoms with Crippen molar-refractivity contribution in [3.8, 4) is 0 Å². The predicted molar refractivity (Wildman–Crippen MR) is 105 cm³/mol. The van der Waals surface area contributed by atoms with Crippen LogP contribution in [-0.2, 0) is 17.9 Å². The number of nitrogens with zero attached hydrogens (tertiary/aromatic N) is 3. The van der Waals surface area contributed by atoms with E-state index in [4.69, 9.17) is 17.3 Å². The summed E-state index contributed by atoms with van der Waals surface area (Å²) >= 11 is 7.58. The van der Waals surface area contributed by atoms with E-state index in [2.05, 4.69) is 20.9 Å². The summed E-state index contributed by atoms with van der Waals surface area (Å²) in [6.45, 7) is 2.06. The molecule has 0 unspecified atom stereocenters. The lowest BCUT2D eigenvalue weighted by Gasteiger charge is -2.07. The summed E-state index contributed by atoms with van der Waals surface area (Å²) in [6.07, 6.45) is 0. The van der Waals surface area contributed by atoms with Gasteiger partial charge in [0.2, 0.25) is 5.91 Å². The number of hydrogen-bond acceptors (Lipinski definition) is 6. The molecule has 3 aromatic rings. The van der Waals surface area contributed by atoms with E-state index in [1.165, 1.54) is 16.0 Å². The zero-order valence-electron chi connectivity index (χ0n) is 14.4. The maximum Gasteiger partial charge on any atom is 0.276 e. The third kappa shape index (κ3) is 4.63. The van der Waals surface area contributed by atoms with E-state index in [0.717, 1.165) is 10.4 Å². The molecule has 0 aliphatic heterocycles. The lowest BCUT2D eigenvalue weighted by Crippen LogP contribution is -2.24. The van der Waals surface area contributed by atoms with Gasteiger partial charge in [-0.2, -0.15) is 0 Å². The number of benzene rings is 1. The Kier molecular flexibility index (Phi) is 5.72. The second kappa shape index (κ2) is 8.19. The fourth-order valence-corrected chi connectivity index (χ4v) is 3.10. The fraction of sp³-hybridized carbons (Fsp3) is 0.176. The minimum Gasteiger partial charge on any atom is -0.382 e. The van der Waals surface area contributed by atoms with Crippen molar-refractivity contribution in [1.29, 1.82) is 0 Å². The van der Waals surface area contributed by atoms with Crippen LogP contribution in [0.2, 0.25) is 5.02 Å². The van der Waals surface area contributed by atoms with Gasteiger partial charge >= 0.3 is 0 Å². The average molecular weight is 405 g/mol. The number of carbonyl (C=O) groups excluding carboxylic acids is 2. The maximum absolute atomic E-state index is 12.2. The van der Waals surface area contributed by atoms with E-state index in [-0.39, 0.29) is 24.0 Å². The highest BCUT2D eigenvalue weighted by Crippen LogP contribution is 2.20. The normalized spacial score (nSPS) is 10.6. The van der Waals surface area contributed by atoms with Crippen molar-refractivity contribution in [3.05, 3.63) is 56.9 Å². The van der Waals surface area contributed by atoms with E-state index in [9.17, 15) is 9.59 Å². The smallest absolute Gasteiger partial charge is 0.276 e. The zero-order valence-corrected chi connectivity index (χ0v) is 16.0. The number of amides is 2. The van der Waals surface area contributed by atoms with Crippen LogP contribution in [0.5, 0.6) is 0 Å². The van der Waals surface area contributed by atoms with Crippen molar-refractivity contribution in [2.75, 3.05) is 11.1 Å². The van der Waals surface area contributed by atoms with Crippen molar-refractivity contribution in [3.63, 3.8) is 0 Å². The molecule has 0 atom stereocenters. The molecule has 10 heteroatoms. The van der Waals surface area contributed by atoms with Crippen LogP contribution in [0, 0.1) is 6.92 Å². The monoisotopic (exact) mass is 404 g/mol. The molecule has 4 N–H and O–H groups in total. The Labute approximate surface area is 164 Å². The number of nitrogens with one attached hydrogen (secondary N) is 2. The van der Waals surface area contributed by atoms with Crippen molar-refractivity contribution in [1.82, 2.24) is 20.3 Å². The summed E-state index contributed by atoms with van der Waals surface area (Å²) in [5.41, 5.74) is 7.37. The van der Waals surface area contributed by atoms with Crippen LogP contribution in [0.15, 0.2) is 35.7 Å². The molecule has 2 aromatic heterocycles. The highest BCUT2D eigenvalue weighted by Gasteiger charge is 2.19. The zero-order chi connectivity index (χ0) is 19.4. The molecule has 2 heterocycles. The van der Waals surface area contributed by atoms with Gasteiger partial charge in [0.05, 0.1) is 6.54 Å². The summed E-state index contributed by atoms with van der Waals surface area (Å²) in [6, 6.07) is 9.01. The molecule has 27 heavy (non-hydrogen) atoms. The number of anilines is 2. The number of thiophene rings is 1. The maximum atomic E-state index is 12.2. The molecule has 0 spiro atoms. The molecule has 0 aliphatic carbocycles. The molecular formula is C17H17ClN6O2S. The van der Waals surface area contributed by atoms with Crippen molar-refractivity contribution < 1.29 is 9.59 Å². The largest absolute Gasteiger partial charge is 0.382 e. The highest BCUT2D eigenvalue weighted by atomic mass is 35.5. The molecule has 2 amide bonds. The highest BCUT2D eigenvalue weighted by molar-refractivity contribution is 7.09. The van der Waals surface area contributed by atoms with Gasteiger partial charge in [-0.05, 0) is 36.1 Å². The molecule has 3 rings (SSSR count). The first kappa shape index (κ1) is 18.9. The van der Waals surface area contributed by atoms with Gasteiger partial charge in [-0.1, -0.05) is 28.9 Å². The van der Waals surface area contributed by atoms with Crippen molar-refractivity contribution in [2.24, 2.45) is 0 Å². The average Bonchev–Trinajstić information content (AvgIpc) is 3.27. The second-order valence-electron chi connectivity index (χ2n) is 5.76. The van der Waals surface area contributed by atoms with Gasteiger partial charge in [0, 0.05) is 15.6 Å². The Morgan fingerprint density at radius 2 is 2.15 bits per heavy atom. The Morgan fingerprint density at radius 1 is 1.33 bits per heavy atom. The van der Waals surface area contributed by atoms with Gasteiger partial charge in [-0.25, -0.2) is 4.68 Å². The standard InChI is InChI=1S/C17H17ClN6O2S/c1-10-4-5-11(7-13(10)18)21-14(25)9-24-16(19)15(22-23-24)17(26)20-8-12-3-2-6-27-12/h2-7H,8-9,19H2,1H3,(H,20,26)(H,21,25). The van der Waals surface area contributed by atoms with Crippen molar-refractivity contribution >= 4 is 46.3 Å². The van der Waals surface area contributed by atoms with E-state index in [1.54, 1.807) is 18.2 Å². The van der Waals surface area contributed by atoms with E-state index in [0.29, 0.717) is 17.3 Å². The molecule has 0 aliphatic rings. The Morgan fingerprint density at radius 3 is 2.85 bits per heavy atom. The predicted octanol–water partition coefficient (Wildman–Crippen LogP) is 2.45. The first-order valence-corrected chi connectivity index (χ1v) is 9.25. The summed E-state index contributed by atoms with van der Waals surface area (Å²) < 4.78 is 1.17. The van der Waals surface area contributed by atoms with Crippen LogP contribution in [0.1, 0.15) is 20.9 Å². The molecule has 8 nitrogen and oxygen atoms in total. The van der Waals surface area contributed by atoms with Gasteiger partial charge in [-0.3, -0.25) is 9.59 Å². The molecular weight excluding hydrogens is 388 g/mol. The quantitative estimate of drug-likeness (QED) is 0.583. The molecule has 0 bridgehead atoms. The van der Waals surface area contributed by atoms with Crippen LogP contribution >= 0.6 is 22.9 Å². The third-order valence-electron chi connectivity index (χ3n) is 3.74. The minimum atomic E-state index is -0.446. The van der Waals surface area contributed by atoms with Gasteiger partial charge < -0.3 is 16.4 Å². The van der Waals surface area contributed by atoms with Crippen LogP contribution in [0.25, 0.3) is 0 Å². The molecule has 140 valence electrons. The second-order valence-corrected chi connectivity index (χ2v) is 7.19. The number of halogens is 1. The Balaban J connectivity index is 1.61. The molecule has 0 saturated carbocycles. The number of nitrogen functional groups attached to an aromatic ring is 1. The van der Waals surface area contributed by atoms with E-state index < -0.39 is 5.91 Å². The number of aromatic nitrogens is 3. The minimum absolute atomic E-state index is 0.0160. The van der Waals surface area contributed by atoms with Gasteiger partial charge in [0.1, 0.15) is 6.54 Å². The van der Waals surface area contributed by atoms with Gasteiger partial charge in [0.25, 0.3) is 5.91 Å². The van der Waals surface area contributed by atoms with Gasteiger partial charge in [0.15, 0.2) is 11.5 Å². The first-order chi connectivity index (χ1) is 12.9. The number of carbonyl (C=O) groups is 2. The third-order valence-corrected chi connectivity index (χ3v) is 5.02. The van der Waals surface area contributed by atoms with Crippen LogP contribution < -0.4 is 16.4 Å². The number of hydrogen-bond donors (Lipinski definition) is 3. The lowest BCUT2D eigenvalue weighted by molar-refractivity contribution is -0.116. The topological polar surface area (TPSA) is 115 Å². The Bertz CT molecular complexity index is 970. The fourth-order valence-electron chi connectivity index (χ4n) is 2.27. The van der Waals surface area contributed by atoms with E-state index in [1.807, 2.05) is 24.4 Å². The van der Waals surface area contributed by atoms with E-state index >= 15 is 0 Å². The number of aryl methyl sites for hydroxylation is 1. The van der Waals surface area contributed by atoms with Crippen LogP contribution in [-0.4, -0.2) is 26.8 Å². The van der Waals surface area contributed by atoms with Crippen LogP contribution in [0.3, 0.4) is 0 Å². The molecule has 0 saturated heterocycles. The van der Waals surface area contributed by atoms with Gasteiger partial charge in [-0.15, -0.1) is 16.4 Å². The summed E-state index contributed by atoms with van der Waals surface area (Å²) in [4.78, 5) is 25.4. The lowest BCUT2D eigenvalue weighted by atomic mass is 10.2. The van der Waals surface area contributed by atoms with Crippen molar-refractivity contribution in [2.45, 2.75) is 20.0 Å². The number of rotatable bonds is 6. The SMILES string of the molecule is Cc1ccc(NC(=O)Cn2nnc(C(=O)NCc3cccs3)c2N)cc1Cl.